The molecular weight excluding hydrogens is 452 g/mol. The Labute approximate surface area is 203 Å². The molecule has 2 aromatic carbocycles. The van der Waals surface area contributed by atoms with Crippen molar-refractivity contribution >= 4 is 23.4 Å². The van der Waals surface area contributed by atoms with E-state index in [1.165, 1.54) is 13.5 Å². The highest BCUT2D eigenvalue weighted by Gasteiger charge is 2.25. The summed E-state index contributed by atoms with van der Waals surface area (Å²) in [7, 11) is 3.06. The number of hydrogen-bond donors (Lipinski definition) is 3. The van der Waals surface area contributed by atoms with Gasteiger partial charge >= 0.3 is 11.8 Å². The van der Waals surface area contributed by atoms with Crippen LogP contribution in [-0.2, 0) is 9.59 Å². The molecule has 3 aromatic rings. The topological polar surface area (TPSA) is 132 Å². The van der Waals surface area contributed by atoms with E-state index < -0.39 is 17.4 Å². The average molecular weight is 481 g/mol. The number of methoxy groups -OCH3 is 1. The standard InChI is InChI=1S/C25H28N4O6/c1-25(2,11-12-34-18-8-5-16(6-9-18)22(30)26-3)29-24(32)23(31)28-17-7-10-19(20(13-17)33-4)21-14-27-15-35-21/h5-10,13-15H,11-12H2,1-4H3,(H,26,30)(H,28,31)(H,29,32). The Hall–Kier alpha value is -4.34. The molecule has 0 aliphatic carbocycles. The van der Waals surface area contributed by atoms with Crippen molar-refractivity contribution in [3.05, 3.63) is 60.6 Å². The third kappa shape index (κ3) is 6.83. The molecule has 3 rings (SSSR count). The van der Waals surface area contributed by atoms with E-state index >= 15 is 0 Å². The fourth-order valence-electron chi connectivity index (χ4n) is 3.21. The van der Waals surface area contributed by atoms with Crippen LogP contribution in [0.15, 0.2) is 59.5 Å². The lowest BCUT2D eigenvalue weighted by Gasteiger charge is -2.26. The van der Waals surface area contributed by atoms with Crippen LogP contribution < -0.4 is 25.4 Å². The molecule has 0 atom stereocenters. The van der Waals surface area contributed by atoms with E-state index in [0.29, 0.717) is 47.1 Å². The van der Waals surface area contributed by atoms with Crippen LogP contribution in [0.5, 0.6) is 11.5 Å². The Bertz CT molecular complexity index is 1170. The maximum Gasteiger partial charge on any atom is 0.313 e. The summed E-state index contributed by atoms with van der Waals surface area (Å²) in [6, 6.07) is 11.7. The normalized spacial score (nSPS) is 10.9. The highest BCUT2D eigenvalue weighted by molar-refractivity contribution is 6.39. The lowest BCUT2D eigenvalue weighted by atomic mass is 10.0. The number of nitrogens with zero attached hydrogens (tertiary/aromatic N) is 1. The molecule has 0 saturated heterocycles. The van der Waals surface area contributed by atoms with Crippen molar-refractivity contribution in [3.63, 3.8) is 0 Å². The van der Waals surface area contributed by atoms with Crippen LogP contribution in [0.3, 0.4) is 0 Å². The molecule has 0 radical (unpaired) electrons. The number of anilines is 1. The molecule has 184 valence electrons. The molecule has 35 heavy (non-hydrogen) atoms. The van der Waals surface area contributed by atoms with Crippen LogP contribution in [0.2, 0.25) is 0 Å². The van der Waals surface area contributed by atoms with Gasteiger partial charge in [-0.2, -0.15) is 0 Å². The Kier molecular flexibility index (Phi) is 8.08. The Morgan fingerprint density at radius 1 is 1.06 bits per heavy atom. The van der Waals surface area contributed by atoms with Crippen LogP contribution in [0.25, 0.3) is 11.3 Å². The van der Waals surface area contributed by atoms with Gasteiger partial charge in [0.2, 0.25) is 0 Å². The fourth-order valence-corrected chi connectivity index (χ4v) is 3.21. The van der Waals surface area contributed by atoms with Crippen molar-refractivity contribution in [1.29, 1.82) is 0 Å². The summed E-state index contributed by atoms with van der Waals surface area (Å²) < 4.78 is 16.4. The zero-order valence-electron chi connectivity index (χ0n) is 20.0. The quantitative estimate of drug-likeness (QED) is 0.401. The predicted octanol–water partition coefficient (Wildman–Crippen LogP) is 3.01. The smallest absolute Gasteiger partial charge is 0.313 e. The van der Waals surface area contributed by atoms with Crippen molar-refractivity contribution in [2.75, 3.05) is 26.1 Å². The predicted molar refractivity (Wildman–Crippen MR) is 129 cm³/mol. The summed E-state index contributed by atoms with van der Waals surface area (Å²) in [6.45, 7) is 3.89. The molecule has 1 aromatic heterocycles. The van der Waals surface area contributed by atoms with Crippen molar-refractivity contribution in [2.45, 2.75) is 25.8 Å². The minimum Gasteiger partial charge on any atom is -0.496 e. The average Bonchev–Trinajstić information content (AvgIpc) is 3.38. The van der Waals surface area contributed by atoms with Crippen molar-refractivity contribution < 1.29 is 28.3 Å². The number of rotatable bonds is 9. The molecule has 0 bridgehead atoms. The first-order valence-electron chi connectivity index (χ1n) is 10.9. The molecule has 0 unspecified atom stereocenters. The van der Waals surface area contributed by atoms with Gasteiger partial charge in [0.25, 0.3) is 5.91 Å². The van der Waals surface area contributed by atoms with Gasteiger partial charge in [-0.15, -0.1) is 0 Å². The summed E-state index contributed by atoms with van der Waals surface area (Å²) in [4.78, 5) is 40.4. The maximum absolute atomic E-state index is 12.5. The maximum atomic E-state index is 12.5. The minimum atomic E-state index is -0.807. The first-order chi connectivity index (χ1) is 16.7. The Morgan fingerprint density at radius 2 is 1.80 bits per heavy atom. The molecule has 0 saturated carbocycles. The van der Waals surface area contributed by atoms with Crippen LogP contribution in [-0.4, -0.2) is 49.0 Å². The molecule has 0 fully saturated rings. The second-order valence-electron chi connectivity index (χ2n) is 8.27. The lowest BCUT2D eigenvalue weighted by Crippen LogP contribution is -2.48. The summed E-state index contributed by atoms with van der Waals surface area (Å²) in [5, 5.41) is 7.84. The van der Waals surface area contributed by atoms with Gasteiger partial charge in [0, 0.05) is 36.3 Å². The van der Waals surface area contributed by atoms with Crippen LogP contribution in [0.4, 0.5) is 5.69 Å². The highest BCUT2D eigenvalue weighted by Crippen LogP contribution is 2.32. The Balaban J connectivity index is 1.51. The summed E-state index contributed by atoms with van der Waals surface area (Å²) >= 11 is 0. The number of hydrogen-bond acceptors (Lipinski definition) is 7. The molecule has 0 aliphatic heterocycles. The van der Waals surface area contributed by atoms with Gasteiger partial charge < -0.3 is 29.8 Å². The second kappa shape index (κ2) is 11.2. The molecule has 3 N–H and O–H groups in total. The van der Waals surface area contributed by atoms with Gasteiger partial charge in [-0.25, -0.2) is 4.98 Å². The van der Waals surface area contributed by atoms with Gasteiger partial charge in [-0.1, -0.05) is 0 Å². The van der Waals surface area contributed by atoms with Gasteiger partial charge in [-0.3, -0.25) is 14.4 Å². The molecular formula is C25H28N4O6. The van der Waals surface area contributed by atoms with Crippen molar-refractivity contribution in [1.82, 2.24) is 15.6 Å². The highest BCUT2D eigenvalue weighted by atomic mass is 16.5. The van der Waals surface area contributed by atoms with Gasteiger partial charge in [0.05, 0.1) is 25.5 Å². The van der Waals surface area contributed by atoms with Crippen molar-refractivity contribution in [2.24, 2.45) is 0 Å². The number of ether oxygens (including phenoxy) is 2. The second-order valence-corrected chi connectivity index (χ2v) is 8.27. The first kappa shape index (κ1) is 25.3. The third-order valence-electron chi connectivity index (χ3n) is 5.15. The molecule has 1 heterocycles. The number of benzene rings is 2. The number of nitrogens with one attached hydrogen (secondary N) is 3. The van der Waals surface area contributed by atoms with Crippen LogP contribution in [0, 0.1) is 0 Å². The molecule has 10 nitrogen and oxygen atoms in total. The summed E-state index contributed by atoms with van der Waals surface area (Å²) in [5.41, 5.74) is 0.886. The van der Waals surface area contributed by atoms with E-state index in [4.69, 9.17) is 13.9 Å². The summed E-state index contributed by atoms with van der Waals surface area (Å²) in [6.07, 6.45) is 3.31. The first-order valence-corrected chi connectivity index (χ1v) is 10.9. The summed E-state index contributed by atoms with van der Waals surface area (Å²) in [5.74, 6) is -0.186. The number of aromatic nitrogens is 1. The molecule has 0 aliphatic rings. The lowest BCUT2D eigenvalue weighted by molar-refractivity contribution is -0.137. The zero-order valence-corrected chi connectivity index (χ0v) is 20.0. The molecule has 3 amide bonds. The zero-order chi connectivity index (χ0) is 25.4. The fraction of sp³-hybridized carbons (Fsp3) is 0.280. The van der Waals surface area contributed by atoms with E-state index in [1.54, 1.807) is 69.6 Å². The number of carbonyl (C=O) groups excluding carboxylic acids is 3. The van der Waals surface area contributed by atoms with Gasteiger partial charge in [0.1, 0.15) is 11.5 Å². The van der Waals surface area contributed by atoms with E-state index in [0.717, 1.165) is 0 Å². The van der Waals surface area contributed by atoms with E-state index in [2.05, 4.69) is 20.9 Å². The number of amides is 3. The van der Waals surface area contributed by atoms with Gasteiger partial charge in [0.15, 0.2) is 12.2 Å². The van der Waals surface area contributed by atoms with E-state index in [1.807, 2.05) is 0 Å². The Morgan fingerprint density at radius 3 is 2.43 bits per heavy atom. The number of carbonyl (C=O) groups is 3. The van der Waals surface area contributed by atoms with Crippen LogP contribution >= 0.6 is 0 Å². The molecule has 0 spiro atoms. The van der Waals surface area contributed by atoms with Crippen LogP contribution in [0.1, 0.15) is 30.6 Å². The van der Waals surface area contributed by atoms with E-state index in [-0.39, 0.29) is 5.91 Å². The minimum absolute atomic E-state index is 0.178. The monoisotopic (exact) mass is 480 g/mol. The van der Waals surface area contributed by atoms with Gasteiger partial charge in [-0.05, 0) is 50.2 Å². The van der Waals surface area contributed by atoms with Crippen molar-refractivity contribution in [3.8, 4) is 22.8 Å². The largest absolute Gasteiger partial charge is 0.496 e. The van der Waals surface area contributed by atoms with E-state index in [9.17, 15) is 14.4 Å². The number of oxazole rings is 1. The third-order valence-corrected chi connectivity index (χ3v) is 5.15. The SMILES string of the molecule is CNC(=O)c1ccc(OCCC(C)(C)NC(=O)C(=O)Nc2ccc(-c3cnco3)c(OC)c2)cc1. The molecule has 10 heteroatoms.